The molecule has 100 valence electrons. The van der Waals surface area contributed by atoms with Gasteiger partial charge in [0.2, 0.25) is 0 Å². The smallest absolute Gasteiger partial charge is 0.0701 e. The minimum absolute atomic E-state index is 0.541. The van der Waals surface area contributed by atoms with Crippen molar-refractivity contribution < 1.29 is 5.11 Å². The summed E-state index contributed by atoms with van der Waals surface area (Å²) in [5.41, 5.74) is 0.187. The van der Waals surface area contributed by atoms with E-state index in [-0.39, 0.29) is 0 Å². The molecule has 1 heterocycles. The van der Waals surface area contributed by atoms with Gasteiger partial charge in [0, 0.05) is 23.0 Å². The second-order valence-corrected chi connectivity index (χ2v) is 6.07. The van der Waals surface area contributed by atoms with Crippen LogP contribution in [0.4, 0.5) is 0 Å². The van der Waals surface area contributed by atoms with Crippen LogP contribution in [0.3, 0.4) is 0 Å². The van der Waals surface area contributed by atoms with Gasteiger partial charge in [-0.15, -0.1) is 0 Å². The molecule has 0 aliphatic carbocycles. The molecule has 1 N–H and O–H groups in total. The molecule has 0 bridgehead atoms. The fourth-order valence-electron chi connectivity index (χ4n) is 2.52. The van der Waals surface area contributed by atoms with E-state index in [2.05, 4.69) is 11.9 Å². The van der Waals surface area contributed by atoms with E-state index in [9.17, 15) is 5.11 Å². The molecule has 0 aromatic heterocycles. The number of hydrogen-bond donors (Lipinski definition) is 1. The van der Waals surface area contributed by atoms with Crippen LogP contribution < -0.4 is 0 Å². The Bertz CT molecular complexity index is 404. The number of likely N-dealkylation sites (tertiary alicyclic amines) is 1. The van der Waals surface area contributed by atoms with Crippen LogP contribution >= 0.6 is 23.2 Å². The van der Waals surface area contributed by atoms with Crippen molar-refractivity contribution in [2.24, 2.45) is 0 Å². The topological polar surface area (TPSA) is 23.5 Å². The van der Waals surface area contributed by atoms with Crippen molar-refractivity contribution >= 4 is 23.2 Å². The number of aliphatic hydroxyl groups is 1. The fourth-order valence-corrected chi connectivity index (χ4v) is 3.05. The van der Waals surface area contributed by atoms with E-state index in [1.807, 2.05) is 18.2 Å². The molecule has 1 aromatic rings. The summed E-state index contributed by atoms with van der Waals surface area (Å²) in [7, 11) is 2.09. The lowest BCUT2D eigenvalue weighted by molar-refractivity contribution is 0.0263. The molecule has 1 saturated heterocycles. The van der Waals surface area contributed by atoms with Crippen LogP contribution in [0.2, 0.25) is 10.0 Å². The van der Waals surface area contributed by atoms with E-state index in [4.69, 9.17) is 23.2 Å². The summed E-state index contributed by atoms with van der Waals surface area (Å²) in [6.45, 7) is 1.96. The Hall–Kier alpha value is -0.280. The Morgan fingerprint density at radius 1 is 1.22 bits per heavy atom. The zero-order valence-electron chi connectivity index (χ0n) is 10.6. The van der Waals surface area contributed by atoms with Crippen LogP contribution in [0.1, 0.15) is 24.8 Å². The zero-order chi connectivity index (χ0) is 13.2. The van der Waals surface area contributed by atoms with E-state index < -0.39 is 5.60 Å². The number of nitrogens with zero attached hydrogens (tertiary/aromatic N) is 1. The summed E-state index contributed by atoms with van der Waals surface area (Å²) in [5, 5.41) is 12.0. The molecule has 4 heteroatoms. The van der Waals surface area contributed by atoms with Crippen LogP contribution in [-0.4, -0.2) is 35.7 Å². The largest absolute Gasteiger partial charge is 0.389 e. The highest BCUT2D eigenvalue weighted by molar-refractivity contribution is 6.36. The number of hydrogen-bond acceptors (Lipinski definition) is 2. The van der Waals surface area contributed by atoms with Crippen LogP contribution in [-0.2, 0) is 6.42 Å². The lowest BCUT2D eigenvalue weighted by atomic mass is 9.87. The molecule has 0 spiro atoms. The molecule has 0 amide bonds. The van der Waals surface area contributed by atoms with Crippen molar-refractivity contribution in [2.75, 3.05) is 20.1 Å². The monoisotopic (exact) mass is 287 g/mol. The summed E-state index contributed by atoms with van der Waals surface area (Å²) in [6.07, 6.45) is 3.12. The Balaban J connectivity index is 2.16. The van der Waals surface area contributed by atoms with Gasteiger partial charge in [0.15, 0.2) is 0 Å². The number of benzene rings is 1. The minimum Gasteiger partial charge on any atom is -0.389 e. The van der Waals surface area contributed by atoms with E-state index >= 15 is 0 Å². The first-order valence-electron chi connectivity index (χ1n) is 6.34. The van der Waals surface area contributed by atoms with E-state index in [1.165, 1.54) is 0 Å². The van der Waals surface area contributed by atoms with Crippen molar-refractivity contribution in [2.45, 2.75) is 31.3 Å². The standard InChI is InChI=1S/C14H19Cl2NO/c1-17-8-3-6-14(18,7-9-17)10-11-12(15)4-2-5-13(11)16/h2,4-5,18H,3,6-10H2,1H3. The highest BCUT2D eigenvalue weighted by atomic mass is 35.5. The Morgan fingerprint density at radius 2 is 1.89 bits per heavy atom. The normalized spacial score (nSPS) is 26.0. The van der Waals surface area contributed by atoms with Gasteiger partial charge in [0.05, 0.1) is 5.60 Å². The van der Waals surface area contributed by atoms with E-state index in [0.29, 0.717) is 16.5 Å². The maximum absolute atomic E-state index is 10.7. The van der Waals surface area contributed by atoms with Crippen molar-refractivity contribution in [1.82, 2.24) is 4.90 Å². The lowest BCUT2D eigenvalue weighted by Crippen LogP contribution is -2.33. The fraction of sp³-hybridized carbons (Fsp3) is 0.571. The third-order valence-corrected chi connectivity index (χ3v) is 4.42. The quantitative estimate of drug-likeness (QED) is 0.901. The highest BCUT2D eigenvalue weighted by Gasteiger charge is 2.30. The van der Waals surface area contributed by atoms with Crippen LogP contribution in [0.5, 0.6) is 0 Å². The highest BCUT2D eigenvalue weighted by Crippen LogP contribution is 2.32. The Kier molecular flexibility index (Phi) is 4.54. The molecule has 1 unspecified atom stereocenters. The predicted molar refractivity (Wildman–Crippen MR) is 76.5 cm³/mol. The predicted octanol–water partition coefficient (Wildman–Crippen LogP) is 3.38. The third-order valence-electron chi connectivity index (χ3n) is 3.71. The van der Waals surface area contributed by atoms with Gasteiger partial charge in [-0.25, -0.2) is 0 Å². The second-order valence-electron chi connectivity index (χ2n) is 5.26. The molecular formula is C14H19Cl2NO. The average molecular weight is 288 g/mol. The summed E-state index contributed by atoms with van der Waals surface area (Å²) in [6, 6.07) is 5.49. The van der Waals surface area contributed by atoms with Crippen molar-refractivity contribution in [3.63, 3.8) is 0 Å². The van der Waals surface area contributed by atoms with Crippen LogP contribution in [0.15, 0.2) is 18.2 Å². The van der Waals surface area contributed by atoms with Crippen molar-refractivity contribution in [1.29, 1.82) is 0 Å². The van der Waals surface area contributed by atoms with Crippen molar-refractivity contribution in [3.05, 3.63) is 33.8 Å². The van der Waals surface area contributed by atoms with Crippen LogP contribution in [0, 0.1) is 0 Å². The third kappa shape index (κ3) is 3.39. The van der Waals surface area contributed by atoms with E-state index in [1.54, 1.807) is 0 Å². The van der Waals surface area contributed by atoms with Gasteiger partial charge in [0.1, 0.15) is 0 Å². The number of halogens is 2. The first-order chi connectivity index (χ1) is 8.50. The van der Waals surface area contributed by atoms with Gasteiger partial charge >= 0.3 is 0 Å². The first-order valence-corrected chi connectivity index (χ1v) is 7.10. The maximum atomic E-state index is 10.7. The molecule has 1 fully saturated rings. The average Bonchev–Trinajstić information content (AvgIpc) is 2.47. The first kappa shape index (κ1) is 14.1. The summed E-state index contributed by atoms with van der Waals surface area (Å²) >= 11 is 12.3. The molecule has 1 aliphatic rings. The molecule has 1 aromatic carbocycles. The molecule has 18 heavy (non-hydrogen) atoms. The Labute approximate surface area is 119 Å². The number of rotatable bonds is 2. The summed E-state index contributed by atoms with van der Waals surface area (Å²) in [4.78, 5) is 2.26. The molecular weight excluding hydrogens is 269 g/mol. The van der Waals surface area contributed by atoms with Gasteiger partial charge in [-0.1, -0.05) is 29.3 Å². The second kappa shape index (κ2) is 5.79. The molecule has 2 rings (SSSR count). The SMILES string of the molecule is CN1CCCC(O)(Cc2c(Cl)cccc2Cl)CC1. The van der Waals surface area contributed by atoms with Crippen molar-refractivity contribution in [3.8, 4) is 0 Å². The maximum Gasteiger partial charge on any atom is 0.0701 e. The van der Waals surface area contributed by atoms with Gasteiger partial charge in [-0.2, -0.15) is 0 Å². The molecule has 0 radical (unpaired) electrons. The van der Waals surface area contributed by atoms with Gasteiger partial charge < -0.3 is 10.0 Å². The Morgan fingerprint density at radius 3 is 2.56 bits per heavy atom. The summed E-state index contributed by atoms with van der Waals surface area (Å²) in [5.74, 6) is 0. The summed E-state index contributed by atoms with van der Waals surface area (Å²) < 4.78 is 0. The lowest BCUT2D eigenvalue weighted by Gasteiger charge is -2.27. The zero-order valence-corrected chi connectivity index (χ0v) is 12.1. The molecule has 1 atom stereocenters. The van der Waals surface area contributed by atoms with Gasteiger partial charge in [-0.05, 0) is 50.6 Å². The molecule has 2 nitrogen and oxygen atoms in total. The van der Waals surface area contributed by atoms with Gasteiger partial charge in [0.25, 0.3) is 0 Å². The molecule has 0 saturated carbocycles. The van der Waals surface area contributed by atoms with E-state index in [0.717, 1.165) is 37.9 Å². The van der Waals surface area contributed by atoms with Gasteiger partial charge in [-0.3, -0.25) is 0 Å². The van der Waals surface area contributed by atoms with Crippen LogP contribution in [0.25, 0.3) is 0 Å². The molecule has 1 aliphatic heterocycles. The minimum atomic E-state index is -0.681.